The summed E-state index contributed by atoms with van der Waals surface area (Å²) in [5.74, 6) is -0.325. The van der Waals surface area contributed by atoms with Crippen LogP contribution in [-0.2, 0) is 10.0 Å². The van der Waals surface area contributed by atoms with Crippen LogP contribution in [0.3, 0.4) is 0 Å². The highest BCUT2D eigenvalue weighted by molar-refractivity contribution is 8.00. The lowest BCUT2D eigenvalue weighted by Gasteiger charge is -2.10. The third-order valence-electron chi connectivity index (χ3n) is 4.10. The molecule has 0 atom stereocenters. The van der Waals surface area contributed by atoms with Crippen LogP contribution < -0.4 is 10.5 Å². The van der Waals surface area contributed by atoms with Crippen LogP contribution in [0.2, 0.25) is 0 Å². The summed E-state index contributed by atoms with van der Waals surface area (Å²) in [6.45, 7) is 1.70. The van der Waals surface area contributed by atoms with Crippen molar-refractivity contribution in [1.82, 2.24) is 0 Å². The minimum absolute atomic E-state index is 0.00142. The van der Waals surface area contributed by atoms with Crippen LogP contribution in [0.25, 0.3) is 0 Å². The quantitative estimate of drug-likeness (QED) is 0.800. The second-order valence-corrected chi connectivity index (χ2v) is 10.3. The molecule has 1 saturated carbocycles. The normalized spacial score (nSPS) is 15.4. The number of rotatable bonds is 5. The zero-order chi connectivity index (χ0) is 18.0. The minimum Gasteiger partial charge on any atom is -0.321 e. The van der Waals surface area contributed by atoms with Gasteiger partial charge in [0.25, 0.3) is 5.91 Å². The Bertz CT molecular complexity index is 867. The summed E-state index contributed by atoms with van der Waals surface area (Å²) in [6, 6.07) is 9.19. The molecule has 1 aliphatic carbocycles. The van der Waals surface area contributed by atoms with Gasteiger partial charge >= 0.3 is 0 Å². The molecule has 1 aromatic carbocycles. The molecule has 1 aliphatic rings. The number of primary sulfonamides is 1. The van der Waals surface area contributed by atoms with Crippen molar-refractivity contribution < 1.29 is 13.2 Å². The first-order valence-corrected chi connectivity index (χ1v) is 11.3. The average Bonchev–Trinajstić information content (AvgIpc) is 3.18. The fourth-order valence-corrected chi connectivity index (χ4v) is 5.93. The van der Waals surface area contributed by atoms with Crippen molar-refractivity contribution in [3.63, 3.8) is 0 Å². The average molecular weight is 397 g/mol. The van der Waals surface area contributed by atoms with E-state index in [2.05, 4.69) is 5.32 Å². The van der Waals surface area contributed by atoms with Crippen LogP contribution in [0.1, 0.15) is 40.9 Å². The molecule has 1 heterocycles. The van der Waals surface area contributed by atoms with Gasteiger partial charge in [0.1, 0.15) is 4.21 Å². The van der Waals surface area contributed by atoms with Gasteiger partial charge in [-0.25, -0.2) is 13.6 Å². The van der Waals surface area contributed by atoms with E-state index in [9.17, 15) is 13.2 Å². The van der Waals surface area contributed by atoms with Crippen molar-refractivity contribution in [2.75, 3.05) is 5.32 Å². The van der Waals surface area contributed by atoms with E-state index in [1.165, 1.54) is 36.6 Å². The molecule has 3 N–H and O–H groups in total. The Morgan fingerprint density at radius 3 is 2.44 bits per heavy atom. The van der Waals surface area contributed by atoms with Crippen LogP contribution in [0.4, 0.5) is 5.69 Å². The van der Waals surface area contributed by atoms with E-state index in [0.717, 1.165) is 11.3 Å². The van der Waals surface area contributed by atoms with Gasteiger partial charge in [-0.2, -0.15) is 0 Å². The lowest BCUT2D eigenvalue weighted by Crippen LogP contribution is -2.11. The molecule has 0 saturated heterocycles. The molecule has 1 fully saturated rings. The Morgan fingerprint density at radius 2 is 1.88 bits per heavy atom. The van der Waals surface area contributed by atoms with Gasteiger partial charge in [-0.05, 0) is 55.7 Å². The summed E-state index contributed by atoms with van der Waals surface area (Å²) in [5.41, 5.74) is 1.28. The largest absolute Gasteiger partial charge is 0.321 e. The van der Waals surface area contributed by atoms with E-state index in [1.807, 2.05) is 36.0 Å². The van der Waals surface area contributed by atoms with Crippen molar-refractivity contribution in [2.45, 2.75) is 47.0 Å². The fourth-order valence-electron chi connectivity index (χ4n) is 2.82. The molecule has 8 heteroatoms. The van der Waals surface area contributed by atoms with Crippen LogP contribution >= 0.6 is 23.1 Å². The van der Waals surface area contributed by atoms with Crippen LogP contribution in [0, 0.1) is 6.92 Å². The number of amides is 1. The fraction of sp³-hybridized carbons (Fsp3) is 0.353. The highest BCUT2D eigenvalue weighted by atomic mass is 32.2. The number of carbonyl (C=O) groups is 1. The first-order valence-electron chi connectivity index (χ1n) is 8.04. The summed E-state index contributed by atoms with van der Waals surface area (Å²) in [7, 11) is -3.79. The molecule has 3 rings (SSSR count). The number of aryl methyl sites for hydroxylation is 1. The van der Waals surface area contributed by atoms with Gasteiger partial charge in [0.2, 0.25) is 10.0 Å². The van der Waals surface area contributed by atoms with E-state index in [-0.39, 0.29) is 10.1 Å². The van der Waals surface area contributed by atoms with Crippen LogP contribution in [0.5, 0.6) is 0 Å². The molecule has 5 nitrogen and oxygen atoms in total. The lowest BCUT2D eigenvalue weighted by atomic mass is 10.2. The van der Waals surface area contributed by atoms with Crippen LogP contribution in [0.15, 0.2) is 39.4 Å². The molecule has 0 radical (unpaired) electrons. The summed E-state index contributed by atoms with van der Waals surface area (Å²) in [5, 5.41) is 8.64. The van der Waals surface area contributed by atoms with Gasteiger partial charge in [-0.15, -0.1) is 23.1 Å². The van der Waals surface area contributed by atoms with E-state index in [1.54, 1.807) is 6.92 Å². The maximum atomic E-state index is 12.4. The van der Waals surface area contributed by atoms with E-state index < -0.39 is 10.0 Å². The number of nitrogens with one attached hydrogen (secondary N) is 1. The molecule has 2 aromatic rings. The molecule has 134 valence electrons. The second-order valence-electron chi connectivity index (χ2n) is 6.13. The number of anilines is 1. The third kappa shape index (κ3) is 4.63. The van der Waals surface area contributed by atoms with Crippen molar-refractivity contribution in [1.29, 1.82) is 0 Å². The molecule has 0 aliphatic heterocycles. The summed E-state index contributed by atoms with van der Waals surface area (Å²) in [6.07, 6.45) is 5.17. The van der Waals surface area contributed by atoms with Crippen molar-refractivity contribution >= 4 is 44.7 Å². The van der Waals surface area contributed by atoms with Gasteiger partial charge in [0, 0.05) is 15.8 Å². The summed E-state index contributed by atoms with van der Waals surface area (Å²) >= 11 is 2.78. The SMILES string of the molecule is Cc1cc(S(N)(=O)=O)sc1C(=O)Nc1ccc(SC2CCCC2)cc1. The molecular weight excluding hydrogens is 376 g/mol. The topological polar surface area (TPSA) is 89.3 Å². The monoisotopic (exact) mass is 396 g/mol. The molecule has 0 bridgehead atoms. The molecule has 1 amide bonds. The van der Waals surface area contributed by atoms with Gasteiger partial charge in [0.15, 0.2) is 0 Å². The molecule has 25 heavy (non-hydrogen) atoms. The molecule has 0 spiro atoms. The smallest absolute Gasteiger partial charge is 0.266 e. The number of carbonyl (C=O) groups excluding carboxylic acids is 1. The number of thiophene rings is 1. The zero-order valence-corrected chi connectivity index (χ0v) is 16.3. The predicted molar refractivity (Wildman–Crippen MR) is 103 cm³/mol. The molecule has 0 unspecified atom stereocenters. The Kier molecular flexibility index (Phi) is 5.52. The van der Waals surface area contributed by atoms with Gasteiger partial charge in [-0.1, -0.05) is 12.8 Å². The predicted octanol–water partition coefficient (Wildman–Crippen LogP) is 3.99. The number of sulfonamides is 1. The lowest BCUT2D eigenvalue weighted by molar-refractivity contribution is 0.103. The maximum absolute atomic E-state index is 12.4. The van der Waals surface area contributed by atoms with Gasteiger partial charge in [0.05, 0.1) is 4.88 Å². The highest BCUT2D eigenvalue weighted by Crippen LogP contribution is 2.35. The molecule has 1 aromatic heterocycles. The van der Waals surface area contributed by atoms with Crippen molar-refractivity contribution in [3.05, 3.63) is 40.8 Å². The standard InChI is InChI=1S/C17H20N2O3S3/c1-11-10-15(25(18,21)22)24-16(11)17(20)19-12-6-8-14(9-7-12)23-13-4-2-3-5-13/h6-10,13H,2-5H2,1H3,(H,19,20)(H2,18,21,22). The Morgan fingerprint density at radius 1 is 1.24 bits per heavy atom. The van der Waals surface area contributed by atoms with E-state index >= 15 is 0 Å². The molecular formula is C17H20N2O3S3. The number of hydrogen-bond donors (Lipinski definition) is 2. The number of hydrogen-bond acceptors (Lipinski definition) is 5. The van der Waals surface area contributed by atoms with Gasteiger partial charge in [-0.3, -0.25) is 4.79 Å². The number of nitrogens with two attached hydrogens (primary N) is 1. The Balaban J connectivity index is 1.67. The van der Waals surface area contributed by atoms with E-state index in [4.69, 9.17) is 5.14 Å². The minimum atomic E-state index is -3.79. The number of thioether (sulfide) groups is 1. The van der Waals surface area contributed by atoms with Crippen molar-refractivity contribution in [2.24, 2.45) is 5.14 Å². The zero-order valence-electron chi connectivity index (χ0n) is 13.8. The van der Waals surface area contributed by atoms with Crippen molar-refractivity contribution in [3.8, 4) is 0 Å². The van der Waals surface area contributed by atoms with E-state index in [0.29, 0.717) is 21.4 Å². The maximum Gasteiger partial charge on any atom is 0.266 e. The summed E-state index contributed by atoms with van der Waals surface area (Å²) in [4.78, 5) is 14.0. The Labute approximate surface area is 156 Å². The number of benzene rings is 1. The second kappa shape index (κ2) is 7.49. The first-order chi connectivity index (χ1) is 11.8. The first kappa shape index (κ1) is 18.4. The van der Waals surface area contributed by atoms with Crippen LogP contribution in [-0.4, -0.2) is 19.6 Å². The Hall–Kier alpha value is -1.35. The summed E-state index contributed by atoms with van der Waals surface area (Å²) < 4.78 is 22.8. The van der Waals surface area contributed by atoms with Gasteiger partial charge < -0.3 is 5.32 Å². The highest BCUT2D eigenvalue weighted by Gasteiger charge is 2.19. The third-order valence-corrected chi connectivity index (χ3v) is 8.10.